The third kappa shape index (κ3) is 3.50. The molecule has 2 aromatic rings. The fraction of sp³-hybridized carbons (Fsp3) is 0.294. The highest BCUT2D eigenvalue weighted by Crippen LogP contribution is 2.29. The third-order valence-corrected chi connectivity index (χ3v) is 3.23. The Labute approximate surface area is 115 Å². The van der Waals surface area contributed by atoms with Crippen LogP contribution in [0.4, 0.5) is 11.4 Å². The molecule has 0 aliphatic heterocycles. The van der Waals surface area contributed by atoms with Gasteiger partial charge in [0.05, 0.1) is 0 Å². The fourth-order valence-corrected chi connectivity index (χ4v) is 2.19. The zero-order valence-corrected chi connectivity index (χ0v) is 11.6. The number of phenolic OH excluding ortho intramolecular Hbond substituents is 1. The topological polar surface area (TPSA) is 32.3 Å². The van der Waals surface area contributed by atoms with Gasteiger partial charge in [-0.25, -0.2) is 0 Å². The van der Waals surface area contributed by atoms with Crippen LogP contribution in [0.3, 0.4) is 0 Å². The molecule has 0 aromatic heterocycles. The van der Waals surface area contributed by atoms with Crippen molar-refractivity contribution in [2.45, 2.75) is 33.1 Å². The summed E-state index contributed by atoms with van der Waals surface area (Å²) in [5.74, 6) is 0.381. The molecule has 0 heterocycles. The molecular formula is C17H21NO. The van der Waals surface area contributed by atoms with E-state index in [0.29, 0.717) is 5.75 Å². The summed E-state index contributed by atoms with van der Waals surface area (Å²) in [6.07, 6.45) is 3.11. The molecular weight excluding hydrogens is 234 g/mol. The van der Waals surface area contributed by atoms with Crippen molar-refractivity contribution in [3.63, 3.8) is 0 Å². The molecule has 2 rings (SSSR count). The summed E-state index contributed by atoms with van der Waals surface area (Å²) in [5, 5.41) is 13.4. The standard InChI is InChI=1S/C17H21NO/c1-3-4-9-15-16(10-6-11-17(15)19)18-14-8-5-7-13(2)12-14/h5-8,10-12,18-19H,3-4,9H2,1-2H3. The molecule has 0 amide bonds. The molecule has 0 aliphatic carbocycles. The van der Waals surface area contributed by atoms with E-state index in [1.165, 1.54) is 5.56 Å². The first kappa shape index (κ1) is 13.5. The molecule has 0 aliphatic rings. The van der Waals surface area contributed by atoms with E-state index in [4.69, 9.17) is 0 Å². The van der Waals surface area contributed by atoms with Crippen molar-refractivity contribution in [3.8, 4) is 5.75 Å². The molecule has 0 saturated carbocycles. The quantitative estimate of drug-likeness (QED) is 0.805. The lowest BCUT2D eigenvalue weighted by atomic mass is 10.0. The lowest BCUT2D eigenvalue weighted by molar-refractivity contribution is 0.467. The minimum absolute atomic E-state index is 0.381. The Morgan fingerprint density at radius 1 is 1.11 bits per heavy atom. The van der Waals surface area contributed by atoms with Crippen molar-refractivity contribution in [1.29, 1.82) is 0 Å². The molecule has 19 heavy (non-hydrogen) atoms. The zero-order valence-electron chi connectivity index (χ0n) is 11.6. The van der Waals surface area contributed by atoms with Gasteiger partial charge >= 0.3 is 0 Å². The summed E-state index contributed by atoms with van der Waals surface area (Å²) in [6.45, 7) is 4.24. The number of aromatic hydroxyl groups is 1. The number of hydrogen-bond donors (Lipinski definition) is 2. The van der Waals surface area contributed by atoms with Crippen molar-refractivity contribution in [3.05, 3.63) is 53.6 Å². The Balaban J connectivity index is 2.26. The summed E-state index contributed by atoms with van der Waals surface area (Å²) in [5.41, 5.74) is 4.29. The summed E-state index contributed by atoms with van der Waals surface area (Å²) >= 11 is 0. The van der Waals surface area contributed by atoms with E-state index < -0.39 is 0 Å². The van der Waals surface area contributed by atoms with Gasteiger partial charge in [-0.3, -0.25) is 0 Å². The predicted octanol–water partition coefficient (Wildman–Crippen LogP) is 4.79. The lowest BCUT2D eigenvalue weighted by Crippen LogP contribution is -1.97. The Morgan fingerprint density at radius 3 is 2.63 bits per heavy atom. The summed E-state index contributed by atoms with van der Waals surface area (Å²) in [6, 6.07) is 13.9. The molecule has 0 spiro atoms. The highest BCUT2D eigenvalue weighted by Gasteiger charge is 2.07. The maximum Gasteiger partial charge on any atom is 0.120 e. The second-order valence-electron chi connectivity index (χ2n) is 4.90. The van der Waals surface area contributed by atoms with Crippen LogP contribution < -0.4 is 5.32 Å². The van der Waals surface area contributed by atoms with Crippen molar-refractivity contribution < 1.29 is 5.11 Å². The molecule has 2 N–H and O–H groups in total. The fourth-order valence-electron chi connectivity index (χ4n) is 2.19. The van der Waals surface area contributed by atoms with Crippen LogP contribution in [-0.4, -0.2) is 5.11 Å². The van der Waals surface area contributed by atoms with Crippen LogP contribution in [0.2, 0.25) is 0 Å². The zero-order chi connectivity index (χ0) is 13.7. The summed E-state index contributed by atoms with van der Waals surface area (Å²) in [7, 11) is 0. The van der Waals surface area contributed by atoms with Crippen LogP contribution in [0.5, 0.6) is 5.75 Å². The normalized spacial score (nSPS) is 10.4. The van der Waals surface area contributed by atoms with E-state index in [1.54, 1.807) is 6.07 Å². The molecule has 2 aromatic carbocycles. The molecule has 0 bridgehead atoms. The number of nitrogens with one attached hydrogen (secondary N) is 1. The maximum absolute atomic E-state index is 10.0. The number of phenols is 1. The molecule has 2 heteroatoms. The second kappa shape index (κ2) is 6.28. The molecule has 0 radical (unpaired) electrons. The highest BCUT2D eigenvalue weighted by atomic mass is 16.3. The number of hydrogen-bond acceptors (Lipinski definition) is 2. The molecule has 100 valence electrons. The van der Waals surface area contributed by atoms with Crippen LogP contribution in [0.15, 0.2) is 42.5 Å². The van der Waals surface area contributed by atoms with Crippen molar-refractivity contribution in [2.75, 3.05) is 5.32 Å². The van der Waals surface area contributed by atoms with Crippen LogP contribution in [0.25, 0.3) is 0 Å². The molecule has 0 atom stereocenters. The van der Waals surface area contributed by atoms with Crippen LogP contribution in [0.1, 0.15) is 30.9 Å². The SMILES string of the molecule is CCCCc1c(O)cccc1Nc1cccc(C)c1. The highest BCUT2D eigenvalue weighted by molar-refractivity contribution is 5.66. The van der Waals surface area contributed by atoms with Gasteiger partial charge in [0.25, 0.3) is 0 Å². The van der Waals surface area contributed by atoms with Crippen LogP contribution in [0, 0.1) is 6.92 Å². The number of unbranched alkanes of at least 4 members (excludes halogenated alkanes) is 1. The van der Waals surface area contributed by atoms with E-state index in [1.807, 2.05) is 24.3 Å². The van der Waals surface area contributed by atoms with Crippen molar-refractivity contribution in [2.24, 2.45) is 0 Å². The smallest absolute Gasteiger partial charge is 0.120 e. The average Bonchev–Trinajstić information content (AvgIpc) is 2.38. The maximum atomic E-state index is 10.0. The number of aryl methyl sites for hydroxylation is 1. The molecule has 0 saturated heterocycles. The van der Waals surface area contributed by atoms with Gasteiger partial charge in [0.15, 0.2) is 0 Å². The average molecular weight is 255 g/mol. The van der Waals surface area contributed by atoms with Crippen molar-refractivity contribution in [1.82, 2.24) is 0 Å². The molecule has 0 unspecified atom stereocenters. The first-order valence-corrected chi connectivity index (χ1v) is 6.85. The first-order valence-electron chi connectivity index (χ1n) is 6.85. The largest absolute Gasteiger partial charge is 0.508 e. The summed E-state index contributed by atoms with van der Waals surface area (Å²) in [4.78, 5) is 0. The van der Waals surface area contributed by atoms with Gasteiger partial charge in [0.2, 0.25) is 0 Å². The Bertz CT molecular complexity index is 549. The third-order valence-electron chi connectivity index (χ3n) is 3.23. The number of anilines is 2. The van der Waals surface area contributed by atoms with Gasteiger partial charge in [-0.1, -0.05) is 31.5 Å². The van der Waals surface area contributed by atoms with Gasteiger partial charge in [0, 0.05) is 16.9 Å². The van der Waals surface area contributed by atoms with Crippen LogP contribution in [-0.2, 0) is 6.42 Å². The Morgan fingerprint density at radius 2 is 1.89 bits per heavy atom. The van der Waals surface area contributed by atoms with Gasteiger partial charge in [0.1, 0.15) is 5.75 Å². The first-order chi connectivity index (χ1) is 9.20. The van der Waals surface area contributed by atoms with Gasteiger partial charge in [-0.2, -0.15) is 0 Å². The van der Waals surface area contributed by atoms with Crippen molar-refractivity contribution >= 4 is 11.4 Å². The van der Waals surface area contributed by atoms with Crippen LogP contribution >= 0.6 is 0 Å². The molecule has 2 nitrogen and oxygen atoms in total. The Kier molecular flexibility index (Phi) is 4.45. The van der Waals surface area contributed by atoms with E-state index in [2.05, 4.69) is 31.3 Å². The number of rotatable bonds is 5. The lowest BCUT2D eigenvalue weighted by Gasteiger charge is -2.13. The second-order valence-corrected chi connectivity index (χ2v) is 4.90. The van der Waals surface area contributed by atoms with E-state index in [-0.39, 0.29) is 0 Å². The van der Waals surface area contributed by atoms with Gasteiger partial charge in [-0.15, -0.1) is 0 Å². The monoisotopic (exact) mass is 255 g/mol. The minimum atomic E-state index is 0.381. The molecule has 0 fully saturated rings. The van der Waals surface area contributed by atoms with E-state index in [9.17, 15) is 5.11 Å². The van der Waals surface area contributed by atoms with E-state index >= 15 is 0 Å². The van der Waals surface area contributed by atoms with Gasteiger partial charge < -0.3 is 10.4 Å². The Hall–Kier alpha value is -1.96. The summed E-state index contributed by atoms with van der Waals surface area (Å²) < 4.78 is 0. The minimum Gasteiger partial charge on any atom is -0.508 e. The van der Waals surface area contributed by atoms with Gasteiger partial charge in [-0.05, 0) is 49.6 Å². The number of benzene rings is 2. The van der Waals surface area contributed by atoms with E-state index in [0.717, 1.165) is 36.2 Å². The predicted molar refractivity (Wildman–Crippen MR) is 81.2 cm³/mol.